The van der Waals surface area contributed by atoms with Crippen molar-refractivity contribution in [1.82, 2.24) is 14.5 Å². The number of para-hydroxylation sites is 2. The minimum Gasteiger partial charge on any atom is -0.454 e. The molecule has 1 amide bonds. The summed E-state index contributed by atoms with van der Waals surface area (Å²) in [5.41, 5.74) is 1.06. The van der Waals surface area contributed by atoms with E-state index in [0.29, 0.717) is 29.9 Å². The first-order valence-electron chi connectivity index (χ1n) is 11.3. The van der Waals surface area contributed by atoms with Crippen molar-refractivity contribution in [1.29, 1.82) is 0 Å². The number of imidazole rings is 1. The summed E-state index contributed by atoms with van der Waals surface area (Å²) < 4.78 is 8.05. The number of hydrogen-bond donors (Lipinski definition) is 1. The summed E-state index contributed by atoms with van der Waals surface area (Å²) in [5.74, 6) is 0.978. The number of nitrogens with zero attached hydrogens (tertiary/aromatic N) is 3. The Morgan fingerprint density at radius 1 is 1.06 bits per heavy atom. The number of hydrogen-bond acceptors (Lipinski definition) is 5. The van der Waals surface area contributed by atoms with Gasteiger partial charge in [-0.2, -0.15) is 0 Å². The molecule has 4 aliphatic rings. The van der Waals surface area contributed by atoms with Crippen LogP contribution in [0.1, 0.15) is 49.0 Å². The third-order valence-electron chi connectivity index (χ3n) is 7.68. The molecule has 3 aromatic rings. The van der Waals surface area contributed by atoms with E-state index in [4.69, 9.17) is 4.74 Å². The van der Waals surface area contributed by atoms with Crippen molar-refractivity contribution in [3.8, 4) is 0 Å². The Bertz CT molecular complexity index is 1200. The summed E-state index contributed by atoms with van der Waals surface area (Å²) >= 11 is 0. The molecule has 2 heterocycles. The molecule has 7 rings (SSSR count). The van der Waals surface area contributed by atoms with Crippen LogP contribution in [0.2, 0.25) is 0 Å². The predicted octanol–water partition coefficient (Wildman–Crippen LogP) is 4.10. The SMILES string of the molecule is Cn1c(NC(=O)C23CC4CC(CC(OC(=O)c5ccccn5)(C4)C2)C3)nc2ccccc21. The highest BCUT2D eigenvalue weighted by molar-refractivity contribution is 5.96. The van der Waals surface area contributed by atoms with Crippen molar-refractivity contribution in [2.75, 3.05) is 5.32 Å². The van der Waals surface area contributed by atoms with Crippen molar-refractivity contribution >= 4 is 28.9 Å². The summed E-state index contributed by atoms with van der Waals surface area (Å²) in [4.78, 5) is 35.3. The number of esters is 1. The first kappa shape index (κ1) is 19.5. The molecule has 1 aromatic carbocycles. The van der Waals surface area contributed by atoms with Gasteiger partial charge in [0.15, 0.2) is 0 Å². The smallest absolute Gasteiger partial charge is 0.357 e. The van der Waals surface area contributed by atoms with E-state index < -0.39 is 17.0 Å². The number of carbonyl (C=O) groups is 2. The molecule has 164 valence electrons. The standard InChI is InChI=1S/C25H26N4O3/c1-29-20-8-3-2-6-18(20)27-23(29)28-22(31)24-11-16-10-17(12-24)14-25(13-16,15-24)32-21(30)19-7-4-5-9-26-19/h2-9,16-17H,10-15H2,1H3,(H,27,28,31). The third kappa shape index (κ3) is 3.02. The molecule has 7 nitrogen and oxygen atoms in total. The highest BCUT2D eigenvalue weighted by Gasteiger charge is 2.62. The van der Waals surface area contributed by atoms with E-state index in [1.54, 1.807) is 24.4 Å². The summed E-state index contributed by atoms with van der Waals surface area (Å²) in [6, 6.07) is 13.1. The van der Waals surface area contributed by atoms with Crippen LogP contribution in [-0.2, 0) is 16.6 Å². The second-order valence-electron chi connectivity index (χ2n) is 9.97. The maximum atomic E-state index is 13.7. The number of amides is 1. The van der Waals surface area contributed by atoms with Gasteiger partial charge in [-0.3, -0.25) is 10.1 Å². The third-order valence-corrected chi connectivity index (χ3v) is 7.68. The fourth-order valence-corrected chi connectivity index (χ4v) is 6.79. The van der Waals surface area contributed by atoms with Gasteiger partial charge in [-0.1, -0.05) is 18.2 Å². The Kier molecular flexibility index (Phi) is 4.19. The molecule has 0 aliphatic heterocycles. The molecule has 4 aliphatic carbocycles. The number of nitrogens with one attached hydrogen (secondary N) is 1. The zero-order valence-corrected chi connectivity index (χ0v) is 18.1. The van der Waals surface area contributed by atoms with Gasteiger partial charge in [-0.05, 0) is 68.2 Å². The van der Waals surface area contributed by atoms with Crippen LogP contribution in [0.15, 0.2) is 48.7 Å². The zero-order chi connectivity index (χ0) is 21.9. The van der Waals surface area contributed by atoms with Gasteiger partial charge in [0.1, 0.15) is 11.3 Å². The number of pyridine rings is 1. The van der Waals surface area contributed by atoms with E-state index in [2.05, 4.69) is 15.3 Å². The van der Waals surface area contributed by atoms with E-state index in [1.165, 1.54) is 0 Å². The van der Waals surface area contributed by atoms with Crippen molar-refractivity contribution in [2.24, 2.45) is 24.3 Å². The van der Waals surface area contributed by atoms with Gasteiger partial charge in [0.25, 0.3) is 0 Å². The Morgan fingerprint density at radius 2 is 1.81 bits per heavy atom. The number of ether oxygens (including phenoxy) is 1. The van der Waals surface area contributed by atoms with Crippen LogP contribution < -0.4 is 5.32 Å². The highest BCUT2D eigenvalue weighted by atomic mass is 16.6. The molecule has 2 aromatic heterocycles. The summed E-state index contributed by atoms with van der Waals surface area (Å²) in [6.07, 6.45) is 6.66. The monoisotopic (exact) mass is 430 g/mol. The Hall–Kier alpha value is -3.22. The van der Waals surface area contributed by atoms with E-state index in [0.717, 1.165) is 43.1 Å². The second kappa shape index (κ2) is 6.89. The molecular weight excluding hydrogens is 404 g/mol. The van der Waals surface area contributed by atoms with Crippen LogP contribution in [-0.4, -0.2) is 32.0 Å². The average molecular weight is 431 g/mol. The molecule has 0 radical (unpaired) electrons. The van der Waals surface area contributed by atoms with Crippen molar-refractivity contribution in [3.05, 3.63) is 54.4 Å². The number of rotatable bonds is 4. The summed E-state index contributed by atoms with van der Waals surface area (Å²) in [7, 11) is 1.92. The number of benzene rings is 1. The fourth-order valence-electron chi connectivity index (χ4n) is 6.79. The predicted molar refractivity (Wildman–Crippen MR) is 119 cm³/mol. The van der Waals surface area contributed by atoms with Crippen LogP contribution in [0.4, 0.5) is 5.95 Å². The summed E-state index contributed by atoms with van der Waals surface area (Å²) in [6.45, 7) is 0. The molecular formula is C25H26N4O3. The van der Waals surface area contributed by atoms with Gasteiger partial charge in [-0.25, -0.2) is 14.8 Å². The lowest BCUT2D eigenvalue weighted by atomic mass is 9.47. The van der Waals surface area contributed by atoms with Gasteiger partial charge in [0.05, 0.1) is 16.4 Å². The molecule has 1 N–H and O–H groups in total. The van der Waals surface area contributed by atoms with E-state index in [1.807, 2.05) is 35.9 Å². The molecule has 2 atom stereocenters. The van der Waals surface area contributed by atoms with Crippen LogP contribution in [0.3, 0.4) is 0 Å². The molecule has 32 heavy (non-hydrogen) atoms. The fraction of sp³-hybridized carbons (Fsp3) is 0.440. The van der Waals surface area contributed by atoms with Crippen LogP contribution in [0.5, 0.6) is 0 Å². The second-order valence-corrected chi connectivity index (χ2v) is 9.97. The van der Waals surface area contributed by atoms with Crippen molar-refractivity contribution in [3.63, 3.8) is 0 Å². The van der Waals surface area contributed by atoms with Crippen LogP contribution >= 0.6 is 0 Å². The number of aromatic nitrogens is 3. The normalized spacial score (nSPS) is 30.4. The highest BCUT2D eigenvalue weighted by Crippen LogP contribution is 2.63. The number of fused-ring (bicyclic) bond motifs is 1. The van der Waals surface area contributed by atoms with Gasteiger partial charge < -0.3 is 9.30 Å². The van der Waals surface area contributed by atoms with Gasteiger partial charge in [-0.15, -0.1) is 0 Å². The minimum atomic E-state index is -0.581. The van der Waals surface area contributed by atoms with Gasteiger partial charge >= 0.3 is 5.97 Å². The van der Waals surface area contributed by atoms with E-state index >= 15 is 0 Å². The zero-order valence-electron chi connectivity index (χ0n) is 18.1. The minimum absolute atomic E-state index is 0.00302. The molecule has 4 fully saturated rings. The lowest BCUT2D eigenvalue weighted by Gasteiger charge is -2.60. The Labute approximate surface area is 186 Å². The largest absolute Gasteiger partial charge is 0.454 e. The maximum Gasteiger partial charge on any atom is 0.357 e. The molecule has 2 unspecified atom stereocenters. The van der Waals surface area contributed by atoms with Crippen LogP contribution in [0.25, 0.3) is 11.0 Å². The molecule has 4 saturated carbocycles. The molecule has 0 saturated heterocycles. The van der Waals surface area contributed by atoms with E-state index in [-0.39, 0.29) is 5.91 Å². The molecule has 4 bridgehead atoms. The Balaban J connectivity index is 1.28. The van der Waals surface area contributed by atoms with Gasteiger partial charge in [0, 0.05) is 19.7 Å². The lowest BCUT2D eigenvalue weighted by molar-refractivity contribution is -0.176. The number of carbonyl (C=O) groups excluding carboxylic acids is 2. The first-order valence-corrected chi connectivity index (χ1v) is 11.3. The number of anilines is 1. The van der Waals surface area contributed by atoms with E-state index in [9.17, 15) is 9.59 Å². The van der Waals surface area contributed by atoms with Crippen LogP contribution in [0, 0.1) is 17.3 Å². The average Bonchev–Trinajstić information content (AvgIpc) is 3.08. The lowest BCUT2D eigenvalue weighted by Crippen LogP contribution is -2.60. The Morgan fingerprint density at radius 3 is 2.53 bits per heavy atom. The first-order chi connectivity index (χ1) is 15.5. The molecule has 0 spiro atoms. The number of aryl methyl sites for hydroxylation is 1. The maximum absolute atomic E-state index is 13.7. The quantitative estimate of drug-likeness (QED) is 0.630. The topological polar surface area (TPSA) is 86.1 Å². The van der Waals surface area contributed by atoms with Crippen molar-refractivity contribution < 1.29 is 14.3 Å². The summed E-state index contributed by atoms with van der Waals surface area (Å²) in [5, 5.41) is 3.12. The van der Waals surface area contributed by atoms with Gasteiger partial charge in [0.2, 0.25) is 11.9 Å². The van der Waals surface area contributed by atoms with Crippen molar-refractivity contribution in [2.45, 2.75) is 44.1 Å². The molecule has 7 heteroatoms.